The van der Waals surface area contributed by atoms with Crippen LogP contribution in [0.3, 0.4) is 0 Å². The van der Waals surface area contributed by atoms with Crippen molar-refractivity contribution < 1.29 is 9.94 Å². The molecule has 1 aromatic heterocycles. The van der Waals surface area contributed by atoms with Crippen LogP contribution in [0.5, 0.6) is 0 Å². The van der Waals surface area contributed by atoms with E-state index in [9.17, 15) is 5.11 Å². The zero-order valence-corrected chi connectivity index (χ0v) is 13.4. The molecule has 1 saturated carbocycles. The van der Waals surface area contributed by atoms with Crippen LogP contribution < -0.4 is 11.1 Å². The third kappa shape index (κ3) is 2.46. The molecule has 4 atom stereocenters. The largest absolute Gasteiger partial charge is 0.393 e. The second-order valence-electron chi connectivity index (χ2n) is 5.92. The number of nitrogen functional groups attached to an aromatic ring is 1. The lowest BCUT2D eigenvalue weighted by molar-refractivity contribution is -0.0103. The Morgan fingerprint density at radius 2 is 2.04 bits per heavy atom. The third-order valence-electron chi connectivity index (χ3n) is 4.48. The van der Waals surface area contributed by atoms with Crippen molar-refractivity contribution in [1.82, 2.24) is 9.97 Å². The SMILES string of the molecule is Nc1c(Cl)ncnc1N[C@@H]1C[C@H](O)[C@H]2ON=C(c3ccccc3)[C@H]21. The molecule has 0 saturated heterocycles. The highest BCUT2D eigenvalue weighted by atomic mass is 35.5. The molecule has 0 radical (unpaired) electrons. The van der Waals surface area contributed by atoms with Gasteiger partial charge in [0, 0.05) is 6.04 Å². The van der Waals surface area contributed by atoms with Crippen molar-refractivity contribution in [3.63, 3.8) is 0 Å². The quantitative estimate of drug-likeness (QED) is 0.731. The zero-order chi connectivity index (χ0) is 16.7. The van der Waals surface area contributed by atoms with Gasteiger partial charge < -0.3 is 21.0 Å². The van der Waals surface area contributed by atoms with Crippen LogP contribution in [-0.2, 0) is 4.84 Å². The van der Waals surface area contributed by atoms with Crippen molar-refractivity contribution in [2.45, 2.75) is 24.7 Å². The molecule has 124 valence electrons. The van der Waals surface area contributed by atoms with E-state index in [1.807, 2.05) is 30.3 Å². The molecule has 1 aliphatic carbocycles. The van der Waals surface area contributed by atoms with Gasteiger partial charge in [-0.25, -0.2) is 9.97 Å². The Morgan fingerprint density at radius 3 is 2.83 bits per heavy atom. The average molecular weight is 346 g/mol. The maximum Gasteiger partial charge on any atom is 0.163 e. The molecular weight excluding hydrogens is 330 g/mol. The Morgan fingerprint density at radius 1 is 1.25 bits per heavy atom. The highest BCUT2D eigenvalue weighted by Crippen LogP contribution is 2.39. The molecule has 24 heavy (non-hydrogen) atoms. The van der Waals surface area contributed by atoms with E-state index in [-0.39, 0.29) is 28.9 Å². The lowest BCUT2D eigenvalue weighted by atomic mass is 9.91. The van der Waals surface area contributed by atoms with Crippen LogP contribution in [0.2, 0.25) is 5.15 Å². The predicted molar refractivity (Wildman–Crippen MR) is 90.8 cm³/mol. The minimum Gasteiger partial charge on any atom is -0.393 e. The van der Waals surface area contributed by atoms with Crippen LogP contribution in [0, 0.1) is 5.92 Å². The standard InChI is InChI=1S/C16H16ClN5O2/c17-15-12(18)16(20-7-19-15)21-9-6-10(23)14-11(9)13(22-24-14)8-4-2-1-3-5-8/h1-5,7,9-11,14,23H,6,18H2,(H,19,20,21)/t9-,10+,11-,14-/m1/s1. The van der Waals surface area contributed by atoms with Crippen LogP contribution in [0.4, 0.5) is 11.5 Å². The highest BCUT2D eigenvalue weighted by molar-refractivity contribution is 6.32. The number of anilines is 2. The van der Waals surface area contributed by atoms with E-state index in [0.29, 0.717) is 12.2 Å². The Bertz CT molecular complexity index is 785. The number of hydrogen-bond acceptors (Lipinski definition) is 7. The van der Waals surface area contributed by atoms with E-state index in [0.717, 1.165) is 11.3 Å². The van der Waals surface area contributed by atoms with Crippen LogP contribution >= 0.6 is 11.6 Å². The predicted octanol–water partition coefficient (Wildman–Crippen LogP) is 1.68. The first kappa shape index (κ1) is 15.2. The number of rotatable bonds is 3. The van der Waals surface area contributed by atoms with Crippen LogP contribution in [-0.4, -0.2) is 39.0 Å². The van der Waals surface area contributed by atoms with Gasteiger partial charge in [0.2, 0.25) is 0 Å². The number of aliphatic hydroxyl groups is 1. The summed E-state index contributed by atoms with van der Waals surface area (Å²) in [4.78, 5) is 13.5. The molecule has 1 aromatic carbocycles. The zero-order valence-electron chi connectivity index (χ0n) is 12.6. The van der Waals surface area contributed by atoms with Crippen molar-refractivity contribution in [3.8, 4) is 0 Å². The molecule has 4 N–H and O–H groups in total. The highest BCUT2D eigenvalue weighted by Gasteiger charge is 2.51. The Hall–Kier alpha value is -2.38. The maximum atomic E-state index is 10.3. The van der Waals surface area contributed by atoms with Gasteiger partial charge in [0.05, 0.1) is 17.7 Å². The monoisotopic (exact) mass is 345 g/mol. The van der Waals surface area contributed by atoms with Gasteiger partial charge in [-0.2, -0.15) is 0 Å². The molecule has 2 aromatic rings. The fourth-order valence-electron chi connectivity index (χ4n) is 3.34. The van der Waals surface area contributed by atoms with Crippen molar-refractivity contribution in [3.05, 3.63) is 47.4 Å². The molecule has 2 heterocycles. The number of halogens is 1. The molecule has 1 aliphatic heterocycles. The molecule has 0 unspecified atom stereocenters. The molecule has 8 heteroatoms. The van der Waals surface area contributed by atoms with E-state index in [1.54, 1.807) is 0 Å². The Labute approximate surface area is 143 Å². The number of nitrogens with zero attached hydrogens (tertiary/aromatic N) is 3. The number of aromatic nitrogens is 2. The minimum atomic E-state index is -0.615. The van der Waals surface area contributed by atoms with E-state index >= 15 is 0 Å². The molecule has 7 nitrogen and oxygen atoms in total. The lowest BCUT2D eigenvalue weighted by Crippen LogP contribution is -2.34. The summed E-state index contributed by atoms with van der Waals surface area (Å²) >= 11 is 5.95. The number of aliphatic hydroxyl groups excluding tert-OH is 1. The van der Waals surface area contributed by atoms with Gasteiger partial charge in [-0.15, -0.1) is 0 Å². The van der Waals surface area contributed by atoms with Crippen molar-refractivity contribution >= 4 is 28.8 Å². The average Bonchev–Trinajstić information content (AvgIpc) is 3.15. The van der Waals surface area contributed by atoms with Gasteiger partial charge in [0.1, 0.15) is 12.0 Å². The minimum absolute atomic E-state index is 0.101. The van der Waals surface area contributed by atoms with Crippen LogP contribution in [0.1, 0.15) is 12.0 Å². The summed E-state index contributed by atoms with van der Waals surface area (Å²) in [6.45, 7) is 0. The van der Waals surface area contributed by atoms with Gasteiger partial charge in [-0.3, -0.25) is 0 Å². The molecule has 4 rings (SSSR count). The maximum absolute atomic E-state index is 10.3. The number of hydrogen-bond donors (Lipinski definition) is 3. The second kappa shape index (κ2) is 5.92. The number of oxime groups is 1. The fraction of sp³-hybridized carbons (Fsp3) is 0.312. The second-order valence-corrected chi connectivity index (χ2v) is 6.28. The van der Waals surface area contributed by atoms with E-state index in [1.165, 1.54) is 6.33 Å². The smallest absolute Gasteiger partial charge is 0.163 e. The summed E-state index contributed by atoms with van der Waals surface area (Å²) in [7, 11) is 0. The Kier molecular flexibility index (Phi) is 3.74. The van der Waals surface area contributed by atoms with Gasteiger partial charge >= 0.3 is 0 Å². The number of nitrogens with two attached hydrogens (primary N) is 1. The first-order valence-electron chi connectivity index (χ1n) is 7.65. The summed E-state index contributed by atoms with van der Waals surface area (Å²) in [5.74, 6) is 0.350. The number of fused-ring (bicyclic) bond motifs is 1. The van der Waals surface area contributed by atoms with Crippen molar-refractivity contribution in [2.24, 2.45) is 11.1 Å². The number of nitrogens with one attached hydrogen (secondary N) is 1. The Balaban J connectivity index is 1.64. The topological polar surface area (TPSA) is 106 Å². The van der Waals surface area contributed by atoms with Crippen molar-refractivity contribution in [1.29, 1.82) is 0 Å². The van der Waals surface area contributed by atoms with Crippen LogP contribution in [0.25, 0.3) is 0 Å². The summed E-state index contributed by atoms with van der Waals surface area (Å²) in [6.07, 6.45) is 0.857. The van der Waals surface area contributed by atoms with E-state index < -0.39 is 6.10 Å². The molecule has 0 amide bonds. The molecular formula is C16H16ClN5O2. The molecule has 1 fully saturated rings. The van der Waals surface area contributed by atoms with Crippen LogP contribution in [0.15, 0.2) is 41.8 Å². The summed E-state index contributed by atoms with van der Waals surface area (Å²) in [6, 6.07) is 9.66. The van der Waals surface area contributed by atoms with Gasteiger partial charge in [0.25, 0.3) is 0 Å². The molecule has 0 spiro atoms. The summed E-state index contributed by atoms with van der Waals surface area (Å²) in [5, 5.41) is 18.0. The van der Waals surface area contributed by atoms with Gasteiger partial charge in [-0.1, -0.05) is 47.1 Å². The third-order valence-corrected chi connectivity index (χ3v) is 4.78. The number of benzene rings is 1. The molecule has 2 aliphatic rings. The van der Waals surface area contributed by atoms with E-state index in [2.05, 4.69) is 20.4 Å². The fourth-order valence-corrected chi connectivity index (χ4v) is 3.47. The first-order valence-corrected chi connectivity index (χ1v) is 8.02. The van der Waals surface area contributed by atoms with Gasteiger partial charge in [0.15, 0.2) is 17.1 Å². The van der Waals surface area contributed by atoms with Gasteiger partial charge in [-0.05, 0) is 12.0 Å². The lowest BCUT2D eigenvalue weighted by Gasteiger charge is -2.21. The van der Waals surface area contributed by atoms with Crippen molar-refractivity contribution in [2.75, 3.05) is 11.1 Å². The normalized spacial score (nSPS) is 28.2. The first-order chi connectivity index (χ1) is 11.6. The van der Waals surface area contributed by atoms with E-state index in [4.69, 9.17) is 22.2 Å². The summed E-state index contributed by atoms with van der Waals surface area (Å²) in [5.41, 5.74) is 8.01. The molecule has 0 bridgehead atoms. The summed E-state index contributed by atoms with van der Waals surface area (Å²) < 4.78 is 0.